The third kappa shape index (κ3) is 8.64. The summed E-state index contributed by atoms with van der Waals surface area (Å²) in [6, 6.07) is 92.4. The summed E-state index contributed by atoms with van der Waals surface area (Å²) in [5.74, 6) is 1.44. The molecule has 4 heteroatoms. The Balaban J connectivity index is 0.620. The van der Waals surface area contributed by atoms with Crippen LogP contribution in [0.1, 0.15) is 125 Å². The van der Waals surface area contributed by atoms with Gasteiger partial charge in [-0.2, -0.15) is 0 Å². The van der Waals surface area contributed by atoms with Crippen LogP contribution in [0.5, 0.6) is 0 Å². The molecule has 4 nitrogen and oxygen atoms in total. The van der Waals surface area contributed by atoms with E-state index in [1.807, 2.05) is 36.9 Å². The number of hydrogen-bond donors (Lipinski definition) is 0. The molecule has 0 atom stereocenters. The number of aromatic nitrogens is 4. The molecule has 0 saturated carbocycles. The summed E-state index contributed by atoms with van der Waals surface area (Å²) < 4.78 is 0. The van der Waals surface area contributed by atoms with Gasteiger partial charge in [0.2, 0.25) is 0 Å². The Hall–Kier alpha value is -11.2. The Morgan fingerprint density at radius 2 is 0.364 bits per heavy atom. The van der Waals surface area contributed by atoms with Gasteiger partial charge in [0.1, 0.15) is 0 Å². The van der Waals surface area contributed by atoms with E-state index in [0.717, 1.165) is 22.8 Å². The van der Waals surface area contributed by atoms with Gasteiger partial charge in [-0.3, -0.25) is 0 Å². The summed E-state index contributed by atoms with van der Waals surface area (Å²) in [7, 11) is 0. The molecule has 2 heterocycles. The van der Waals surface area contributed by atoms with Gasteiger partial charge in [-0.05, 0) is 251 Å². The molecule has 0 radical (unpaired) electrons. The van der Waals surface area contributed by atoms with Crippen LogP contribution in [-0.2, 0) is 27.1 Å². The van der Waals surface area contributed by atoms with Crippen LogP contribution in [0.3, 0.4) is 0 Å². The highest BCUT2D eigenvalue weighted by atomic mass is 14.9. The molecule has 0 amide bonds. The van der Waals surface area contributed by atoms with Gasteiger partial charge in [-0.25, -0.2) is 19.9 Å². The first-order valence-corrected chi connectivity index (χ1v) is 35.0. The molecule has 12 aromatic carbocycles. The van der Waals surface area contributed by atoms with E-state index in [-0.39, 0.29) is 27.1 Å². The van der Waals surface area contributed by atoms with Crippen LogP contribution in [0, 0.1) is 0 Å². The average Bonchev–Trinajstić information content (AvgIpc) is 1.61. The molecule has 5 aliphatic rings. The predicted molar refractivity (Wildman–Crippen MR) is 409 cm³/mol. The Kier molecular flexibility index (Phi) is 12.5. The zero-order valence-corrected chi connectivity index (χ0v) is 57.7. The Morgan fingerprint density at radius 3 is 0.646 bits per heavy atom. The molecule has 0 bridgehead atoms. The summed E-state index contributed by atoms with van der Waals surface area (Å²) in [4.78, 5) is 18.8. The average molecular weight is 1270 g/mol. The smallest absolute Gasteiger partial charge is 0.159 e. The first-order valence-electron chi connectivity index (χ1n) is 35.0. The summed E-state index contributed by atoms with van der Waals surface area (Å²) in [6.07, 6.45) is 7.32. The zero-order valence-electron chi connectivity index (χ0n) is 57.7. The van der Waals surface area contributed by atoms with E-state index < -0.39 is 0 Å². The zero-order chi connectivity index (χ0) is 67.2. The molecule has 5 aliphatic carbocycles. The van der Waals surface area contributed by atoms with Crippen molar-refractivity contribution in [3.63, 3.8) is 0 Å². The second-order valence-corrected chi connectivity index (χ2v) is 31.0. The van der Waals surface area contributed by atoms with E-state index >= 15 is 0 Å². The maximum atomic E-state index is 4.71. The van der Waals surface area contributed by atoms with E-state index in [0.29, 0.717) is 0 Å². The summed E-state index contributed by atoms with van der Waals surface area (Å²) in [6.45, 7) is 23.9. The summed E-state index contributed by atoms with van der Waals surface area (Å²) in [5, 5.41) is 0. The maximum absolute atomic E-state index is 4.71. The lowest BCUT2D eigenvalue weighted by Gasteiger charge is -2.24. The fraction of sp³-hybridized carbons (Fsp3) is 0.158. The van der Waals surface area contributed by atoms with Crippen LogP contribution < -0.4 is 0 Å². The lowest BCUT2D eigenvalue weighted by atomic mass is 9.79. The quantitative estimate of drug-likeness (QED) is 0.152. The van der Waals surface area contributed by atoms with Crippen molar-refractivity contribution < 1.29 is 0 Å². The molecule has 0 aliphatic heterocycles. The molecule has 14 aromatic rings. The van der Waals surface area contributed by atoms with Crippen molar-refractivity contribution in [2.24, 2.45) is 0 Å². The topological polar surface area (TPSA) is 51.6 Å². The van der Waals surface area contributed by atoms with E-state index in [4.69, 9.17) is 19.9 Å². The number of rotatable bonds is 8. The number of benzene rings is 12. The van der Waals surface area contributed by atoms with Gasteiger partial charge in [-0.15, -0.1) is 0 Å². The monoisotopic (exact) mass is 1270 g/mol. The van der Waals surface area contributed by atoms with Crippen LogP contribution in [0.25, 0.3) is 145 Å². The SMILES string of the molecule is CC1(C)c2cc(-c3ccc4c(c3)C(C)(C)c3cc(-c5cc(-c6ncccn6)ccc5-c5ccc6c(c5)C(C)(C)c5ccccc5-6)ccc3-4)ccc2-c2ccc(-c3ccc4c(c3)C(C)(C)c3cc(-c5cc(-c6ncccn6)ccc5-c5ccc6c(c5)C(C)(C)c5ccccc5-6)ccc3-4)cc21. The van der Waals surface area contributed by atoms with Crippen molar-refractivity contribution in [1.29, 1.82) is 0 Å². The van der Waals surface area contributed by atoms with E-state index in [1.54, 1.807) is 0 Å². The van der Waals surface area contributed by atoms with Crippen molar-refractivity contribution in [1.82, 2.24) is 19.9 Å². The second kappa shape index (κ2) is 20.9. The fourth-order valence-corrected chi connectivity index (χ4v) is 18.3. The maximum Gasteiger partial charge on any atom is 0.159 e. The summed E-state index contributed by atoms with van der Waals surface area (Å²) >= 11 is 0. The molecule has 2 aromatic heterocycles. The van der Waals surface area contributed by atoms with Gasteiger partial charge in [0.05, 0.1) is 0 Å². The van der Waals surface area contributed by atoms with E-state index in [2.05, 4.69) is 300 Å². The van der Waals surface area contributed by atoms with Gasteiger partial charge < -0.3 is 0 Å². The minimum atomic E-state index is -0.257. The van der Waals surface area contributed by atoms with Gasteiger partial charge >= 0.3 is 0 Å². The van der Waals surface area contributed by atoms with Gasteiger partial charge in [-0.1, -0.05) is 239 Å². The molecular formula is C95H74N4. The van der Waals surface area contributed by atoms with E-state index in [9.17, 15) is 0 Å². The molecule has 0 unspecified atom stereocenters. The minimum absolute atomic E-state index is 0.112. The fourth-order valence-electron chi connectivity index (χ4n) is 18.3. The first kappa shape index (κ1) is 59.1. The van der Waals surface area contributed by atoms with Crippen molar-refractivity contribution in [3.8, 4) is 145 Å². The Bertz CT molecular complexity index is 5460. The van der Waals surface area contributed by atoms with Crippen LogP contribution in [0.15, 0.2) is 267 Å². The Labute approximate surface area is 580 Å². The molecule has 474 valence electrons. The molecule has 99 heavy (non-hydrogen) atoms. The number of nitrogens with zero attached hydrogens (tertiary/aromatic N) is 4. The summed E-state index contributed by atoms with van der Waals surface area (Å²) in [5.41, 5.74) is 42.3. The van der Waals surface area contributed by atoms with Crippen molar-refractivity contribution in [2.75, 3.05) is 0 Å². The number of fused-ring (bicyclic) bond motifs is 15. The third-order valence-corrected chi connectivity index (χ3v) is 23.8. The van der Waals surface area contributed by atoms with Crippen LogP contribution >= 0.6 is 0 Å². The van der Waals surface area contributed by atoms with Gasteiger partial charge in [0.25, 0.3) is 0 Å². The van der Waals surface area contributed by atoms with Crippen LogP contribution in [0.2, 0.25) is 0 Å². The van der Waals surface area contributed by atoms with Gasteiger partial charge in [0, 0.05) is 63.0 Å². The highest BCUT2D eigenvalue weighted by Crippen LogP contribution is 2.58. The molecular weight excluding hydrogens is 1200 g/mol. The lowest BCUT2D eigenvalue weighted by Crippen LogP contribution is -2.16. The van der Waals surface area contributed by atoms with Crippen molar-refractivity contribution in [3.05, 3.63) is 323 Å². The highest BCUT2D eigenvalue weighted by molar-refractivity contribution is 5.96. The standard InChI is InChI=1S/C95H74N4/c1-91(2)79-19-13-11-17-67(79)69-37-25-59(51-85(69)91)65-31-29-63(89-96-41-15-42-97-89)45-77(65)61-27-39-75-73-35-23-57(49-83(73)94(7,8)87(75)53-61)55-21-33-71-72-34-22-56(48-82(72)93(5,6)81(71)47-55)58-24-36-74-76-40-28-62(54-88(76)95(9,10)84(74)50-58)78-46-64(90-98-43-16-44-99-90)30-32-66(78)60-26-38-70-68-18-12-14-20-80(68)92(3,4)86(70)52-60/h11-54H,1-10H3. The number of hydrogen-bond acceptors (Lipinski definition) is 4. The van der Waals surface area contributed by atoms with E-state index in [1.165, 1.54) is 178 Å². The van der Waals surface area contributed by atoms with Gasteiger partial charge in [0.15, 0.2) is 11.6 Å². The van der Waals surface area contributed by atoms with Crippen molar-refractivity contribution in [2.45, 2.75) is 96.3 Å². The third-order valence-electron chi connectivity index (χ3n) is 23.8. The normalized spacial score (nSPS) is 15.6. The lowest BCUT2D eigenvalue weighted by molar-refractivity contribution is 0.659. The predicted octanol–water partition coefficient (Wildman–Crippen LogP) is 24.1. The minimum Gasteiger partial charge on any atom is -0.237 e. The highest BCUT2D eigenvalue weighted by Gasteiger charge is 2.42. The first-order chi connectivity index (χ1) is 47.8. The largest absolute Gasteiger partial charge is 0.237 e. The Morgan fingerprint density at radius 1 is 0.162 bits per heavy atom. The second-order valence-electron chi connectivity index (χ2n) is 31.0. The van der Waals surface area contributed by atoms with Crippen molar-refractivity contribution >= 4 is 0 Å². The molecule has 0 saturated heterocycles. The van der Waals surface area contributed by atoms with Crippen LogP contribution in [-0.4, -0.2) is 19.9 Å². The molecule has 0 spiro atoms. The molecule has 0 N–H and O–H groups in total. The molecule has 0 fully saturated rings. The van der Waals surface area contributed by atoms with Crippen LogP contribution in [0.4, 0.5) is 0 Å². The molecule has 19 rings (SSSR count).